The Labute approximate surface area is 212 Å². The molecule has 0 radical (unpaired) electrons. The molecule has 2 saturated heterocycles. The Morgan fingerprint density at radius 3 is 2.53 bits per heavy atom. The number of carbonyl (C=O) groups excluding carboxylic acids is 1. The third kappa shape index (κ3) is 5.13. The number of hydrogen-bond acceptors (Lipinski definition) is 3. The first kappa shape index (κ1) is 24.1. The van der Waals surface area contributed by atoms with E-state index in [9.17, 15) is 14.4 Å². The van der Waals surface area contributed by atoms with Crippen molar-refractivity contribution in [2.24, 2.45) is 5.92 Å². The van der Waals surface area contributed by atoms with Crippen LogP contribution in [0.3, 0.4) is 0 Å². The molecule has 0 aliphatic carbocycles. The first-order valence-corrected chi connectivity index (χ1v) is 12.9. The first-order valence-electron chi connectivity index (χ1n) is 12.9. The number of benzene rings is 2. The highest BCUT2D eigenvalue weighted by molar-refractivity contribution is 5.75. The van der Waals surface area contributed by atoms with Gasteiger partial charge >= 0.3 is 6.03 Å². The Morgan fingerprint density at radius 2 is 1.83 bits per heavy atom. The van der Waals surface area contributed by atoms with Gasteiger partial charge < -0.3 is 14.4 Å². The molecule has 36 heavy (non-hydrogen) atoms. The van der Waals surface area contributed by atoms with Crippen molar-refractivity contribution < 1.29 is 9.18 Å². The Kier molecular flexibility index (Phi) is 7.04. The summed E-state index contributed by atoms with van der Waals surface area (Å²) in [5, 5.41) is 9.23. The molecule has 6 nitrogen and oxygen atoms in total. The Hall–Kier alpha value is -3.66. The topological polar surface area (TPSA) is 65.2 Å². The summed E-state index contributed by atoms with van der Waals surface area (Å²) in [6, 6.07) is 17.6. The number of aryl methyl sites for hydroxylation is 1. The maximum absolute atomic E-state index is 13.8. The van der Waals surface area contributed by atoms with Crippen LogP contribution in [-0.4, -0.2) is 51.6 Å². The van der Waals surface area contributed by atoms with E-state index in [-0.39, 0.29) is 29.6 Å². The van der Waals surface area contributed by atoms with Crippen LogP contribution in [0.5, 0.6) is 0 Å². The number of hydrogen-bond donors (Lipinski definition) is 0. The van der Waals surface area contributed by atoms with E-state index in [1.165, 1.54) is 23.3 Å². The predicted molar refractivity (Wildman–Crippen MR) is 136 cm³/mol. The SMILES string of the molecule is CCc1ccc(C2CC(c3cn(-c4cccc(F)c4)cn3)CN(C(=O)N3CCC(C#N)CC3)C2)cc1. The molecular formula is C29H32FN5O. The van der Waals surface area contributed by atoms with Crippen LogP contribution in [0.4, 0.5) is 9.18 Å². The lowest BCUT2D eigenvalue weighted by Gasteiger charge is -2.41. The molecule has 0 N–H and O–H groups in total. The summed E-state index contributed by atoms with van der Waals surface area (Å²) in [6.45, 7) is 4.67. The molecule has 186 valence electrons. The molecule has 2 aliphatic rings. The third-order valence-electron chi connectivity index (χ3n) is 7.66. The average Bonchev–Trinajstić information content (AvgIpc) is 3.43. The summed E-state index contributed by atoms with van der Waals surface area (Å²) in [7, 11) is 0. The van der Waals surface area contributed by atoms with Crippen molar-refractivity contribution in [1.82, 2.24) is 19.4 Å². The molecule has 0 bridgehead atoms. The van der Waals surface area contributed by atoms with Gasteiger partial charge in [-0.1, -0.05) is 37.3 Å². The van der Waals surface area contributed by atoms with Crippen molar-refractivity contribution in [2.45, 2.75) is 44.4 Å². The van der Waals surface area contributed by atoms with E-state index in [0.29, 0.717) is 26.2 Å². The minimum absolute atomic E-state index is 0.0415. The van der Waals surface area contributed by atoms with Crippen molar-refractivity contribution in [3.05, 3.63) is 83.7 Å². The van der Waals surface area contributed by atoms with Gasteiger partial charge in [-0.3, -0.25) is 0 Å². The van der Waals surface area contributed by atoms with Gasteiger partial charge in [0.1, 0.15) is 5.82 Å². The average molecular weight is 486 g/mol. The van der Waals surface area contributed by atoms with Crippen molar-refractivity contribution in [3.63, 3.8) is 0 Å². The Bertz CT molecular complexity index is 1240. The van der Waals surface area contributed by atoms with Crippen molar-refractivity contribution in [2.75, 3.05) is 26.2 Å². The van der Waals surface area contributed by atoms with Gasteiger partial charge in [-0.25, -0.2) is 14.2 Å². The minimum Gasteiger partial charge on any atom is -0.325 e. The number of amides is 2. The quantitative estimate of drug-likeness (QED) is 0.490. The fourth-order valence-electron chi connectivity index (χ4n) is 5.46. The maximum atomic E-state index is 13.8. The van der Waals surface area contributed by atoms with E-state index < -0.39 is 0 Å². The molecule has 2 aliphatic heterocycles. The molecule has 2 aromatic carbocycles. The number of urea groups is 1. The first-order chi connectivity index (χ1) is 17.5. The van der Waals surface area contributed by atoms with Gasteiger partial charge in [0.05, 0.1) is 18.1 Å². The number of nitriles is 1. The highest BCUT2D eigenvalue weighted by Gasteiger charge is 2.35. The fourth-order valence-corrected chi connectivity index (χ4v) is 5.46. The molecule has 0 saturated carbocycles. The van der Waals surface area contributed by atoms with Crippen LogP contribution in [-0.2, 0) is 6.42 Å². The summed E-state index contributed by atoms with van der Waals surface area (Å²) >= 11 is 0. The van der Waals surface area contributed by atoms with Gasteiger partial charge in [-0.2, -0.15) is 5.26 Å². The highest BCUT2D eigenvalue weighted by atomic mass is 19.1. The van der Waals surface area contributed by atoms with Crippen LogP contribution in [0.15, 0.2) is 61.1 Å². The Balaban J connectivity index is 1.39. The normalized spacial score (nSPS) is 20.8. The monoisotopic (exact) mass is 485 g/mol. The summed E-state index contributed by atoms with van der Waals surface area (Å²) in [5.41, 5.74) is 4.18. The fraction of sp³-hybridized carbons (Fsp3) is 0.414. The van der Waals surface area contributed by atoms with Crippen LogP contribution < -0.4 is 0 Å². The third-order valence-corrected chi connectivity index (χ3v) is 7.66. The second-order valence-corrected chi connectivity index (χ2v) is 9.99. The van der Waals surface area contributed by atoms with Gasteiger partial charge in [0.15, 0.2) is 0 Å². The van der Waals surface area contributed by atoms with Gasteiger partial charge in [0.2, 0.25) is 0 Å². The second kappa shape index (κ2) is 10.5. The summed E-state index contributed by atoms with van der Waals surface area (Å²) in [6.07, 6.45) is 7.05. The lowest BCUT2D eigenvalue weighted by molar-refractivity contribution is 0.120. The van der Waals surface area contributed by atoms with E-state index in [1.807, 2.05) is 26.6 Å². The number of piperidine rings is 2. The van der Waals surface area contributed by atoms with E-state index in [0.717, 1.165) is 37.1 Å². The number of rotatable bonds is 4. The molecule has 2 fully saturated rings. The molecular weight excluding hydrogens is 453 g/mol. The van der Waals surface area contributed by atoms with E-state index in [2.05, 4.69) is 42.2 Å². The summed E-state index contributed by atoms with van der Waals surface area (Å²) in [5.74, 6) is 0.0345. The van der Waals surface area contributed by atoms with Crippen LogP contribution in [0, 0.1) is 23.1 Å². The molecule has 2 unspecified atom stereocenters. The van der Waals surface area contributed by atoms with E-state index >= 15 is 0 Å². The predicted octanol–water partition coefficient (Wildman–Crippen LogP) is 5.50. The Morgan fingerprint density at radius 1 is 1.08 bits per heavy atom. The summed E-state index contributed by atoms with van der Waals surface area (Å²) in [4.78, 5) is 22.1. The van der Waals surface area contributed by atoms with Crippen molar-refractivity contribution >= 4 is 6.03 Å². The number of likely N-dealkylation sites (tertiary alicyclic amines) is 2. The molecule has 3 heterocycles. The number of nitrogens with zero attached hydrogens (tertiary/aromatic N) is 5. The number of imidazole rings is 1. The molecule has 0 spiro atoms. The zero-order chi connectivity index (χ0) is 25.1. The lowest BCUT2D eigenvalue weighted by atomic mass is 9.83. The van der Waals surface area contributed by atoms with Crippen molar-refractivity contribution in [3.8, 4) is 11.8 Å². The van der Waals surface area contributed by atoms with E-state index in [1.54, 1.807) is 12.4 Å². The van der Waals surface area contributed by atoms with Crippen LogP contribution in [0.2, 0.25) is 0 Å². The maximum Gasteiger partial charge on any atom is 0.320 e. The smallest absolute Gasteiger partial charge is 0.320 e. The van der Waals surface area contributed by atoms with Crippen LogP contribution >= 0.6 is 0 Å². The van der Waals surface area contributed by atoms with Gasteiger partial charge in [-0.05, 0) is 55.0 Å². The van der Waals surface area contributed by atoms with Gasteiger partial charge in [0, 0.05) is 55.8 Å². The molecule has 3 aromatic rings. The largest absolute Gasteiger partial charge is 0.325 e. The molecule has 1 aromatic heterocycles. The number of halogens is 1. The lowest BCUT2D eigenvalue weighted by Crippen LogP contribution is -2.51. The zero-order valence-electron chi connectivity index (χ0n) is 20.7. The second-order valence-electron chi connectivity index (χ2n) is 9.99. The van der Waals surface area contributed by atoms with Gasteiger partial charge in [-0.15, -0.1) is 0 Å². The van der Waals surface area contributed by atoms with Crippen LogP contribution in [0.25, 0.3) is 5.69 Å². The molecule has 5 rings (SSSR count). The molecule has 2 atom stereocenters. The minimum atomic E-state index is -0.284. The molecule has 2 amide bonds. The number of carbonyl (C=O) groups is 1. The van der Waals surface area contributed by atoms with Gasteiger partial charge in [0.25, 0.3) is 0 Å². The zero-order valence-corrected chi connectivity index (χ0v) is 20.7. The van der Waals surface area contributed by atoms with Crippen molar-refractivity contribution in [1.29, 1.82) is 5.26 Å². The summed E-state index contributed by atoms with van der Waals surface area (Å²) < 4.78 is 15.6. The molecule has 7 heteroatoms. The standard InChI is InChI=1S/C29H32FN5O/c1-2-21-6-8-23(9-7-21)24-14-25(28-19-35(20-32-28)27-5-3-4-26(30)15-27)18-34(17-24)29(36)33-12-10-22(16-31)11-13-33/h3-9,15,19-20,22,24-25H,2,10-14,17-18H2,1H3. The highest BCUT2D eigenvalue weighted by Crippen LogP contribution is 2.36. The van der Waals surface area contributed by atoms with E-state index in [4.69, 9.17) is 0 Å². The number of aromatic nitrogens is 2. The van der Waals surface area contributed by atoms with Crippen LogP contribution in [0.1, 0.15) is 54.8 Å².